The highest BCUT2D eigenvalue weighted by atomic mass is 35.5. The summed E-state index contributed by atoms with van der Waals surface area (Å²) in [6.45, 7) is 5.27. The van der Waals surface area contributed by atoms with Gasteiger partial charge in [-0.1, -0.05) is 17.3 Å². The molecule has 1 aliphatic heterocycles. The standard InChI is InChI=1S/C15H18FN3O.ClH/c1-11-7-14(18-20-11)10-19-6-5-17-9-15(19)12-3-2-4-13(16)8-12;/h2-4,7-8,15,17H,5-6,9-10H2,1H3;1H. The summed E-state index contributed by atoms with van der Waals surface area (Å²) < 4.78 is 18.5. The van der Waals surface area contributed by atoms with Gasteiger partial charge in [-0.25, -0.2) is 4.39 Å². The van der Waals surface area contributed by atoms with Gasteiger partial charge in [0.2, 0.25) is 0 Å². The molecule has 6 heteroatoms. The van der Waals surface area contributed by atoms with Crippen LogP contribution in [0.3, 0.4) is 0 Å². The molecule has 2 aromatic rings. The van der Waals surface area contributed by atoms with Crippen molar-refractivity contribution in [3.63, 3.8) is 0 Å². The topological polar surface area (TPSA) is 41.3 Å². The summed E-state index contributed by atoms with van der Waals surface area (Å²) in [5.74, 6) is 0.628. The molecule has 0 saturated carbocycles. The van der Waals surface area contributed by atoms with Gasteiger partial charge in [-0.3, -0.25) is 4.90 Å². The monoisotopic (exact) mass is 311 g/mol. The van der Waals surface area contributed by atoms with Crippen molar-refractivity contribution in [3.05, 3.63) is 53.2 Å². The molecule has 1 unspecified atom stereocenters. The Kier molecular flexibility index (Phi) is 5.33. The molecule has 0 amide bonds. The van der Waals surface area contributed by atoms with Crippen molar-refractivity contribution in [2.45, 2.75) is 19.5 Å². The number of hydrogen-bond acceptors (Lipinski definition) is 4. The lowest BCUT2D eigenvalue weighted by Crippen LogP contribution is -2.45. The second kappa shape index (κ2) is 7.02. The molecule has 0 aliphatic carbocycles. The molecule has 1 N–H and O–H groups in total. The van der Waals surface area contributed by atoms with Gasteiger partial charge in [0.05, 0.1) is 5.69 Å². The maximum absolute atomic E-state index is 13.4. The van der Waals surface area contributed by atoms with Gasteiger partial charge in [0, 0.05) is 38.3 Å². The van der Waals surface area contributed by atoms with Crippen LogP contribution >= 0.6 is 12.4 Å². The maximum Gasteiger partial charge on any atom is 0.133 e. The minimum absolute atomic E-state index is 0. The van der Waals surface area contributed by atoms with E-state index < -0.39 is 0 Å². The van der Waals surface area contributed by atoms with Gasteiger partial charge >= 0.3 is 0 Å². The quantitative estimate of drug-likeness (QED) is 0.946. The van der Waals surface area contributed by atoms with Gasteiger partial charge in [0.1, 0.15) is 11.6 Å². The predicted octanol–water partition coefficient (Wildman–Crippen LogP) is 2.69. The fourth-order valence-electron chi connectivity index (χ4n) is 2.68. The molecule has 1 aliphatic rings. The average Bonchev–Trinajstić information content (AvgIpc) is 2.85. The van der Waals surface area contributed by atoms with E-state index in [0.717, 1.165) is 43.2 Å². The zero-order valence-electron chi connectivity index (χ0n) is 11.9. The molecule has 0 bridgehead atoms. The van der Waals surface area contributed by atoms with E-state index in [1.807, 2.05) is 19.1 Å². The van der Waals surface area contributed by atoms with Crippen LogP contribution in [0.5, 0.6) is 0 Å². The molecule has 1 fully saturated rings. The summed E-state index contributed by atoms with van der Waals surface area (Å²) >= 11 is 0. The molecule has 0 spiro atoms. The number of aryl methyl sites for hydroxylation is 1. The molecule has 3 rings (SSSR count). The highest BCUT2D eigenvalue weighted by molar-refractivity contribution is 5.85. The van der Waals surface area contributed by atoms with Crippen molar-refractivity contribution >= 4 is 12.4 Å². The molecular formula is C15H19ClFN3O. The van der Waals surface area contributed by atoms with Crippen molar-refractivity contribution < 1.29 is 8.91 Å². The molecule has 21 heavy (non-hydrogen) atoms. The summed E-state index contributed by atoms with van der Waals surface area (Å²) in [5.41, 5.74) is 1.92. The van der Waals surface area contributed by atoms with E-state index in [4.69, 9.17) is 4.52 Å². The zero-order chi connectivity index (χ0) is 13.9. The first-order chi connectivity index (χ1) is 9.72. The number of aromatic nitrogens is 1. The molecule has 0 radical (unpaired) electrons. The van der Waals surface area contributed by atoms with Crippen molar-refractivity contribution in [1.29, 1.82) is 0 Å². The van der Waals surface area contributed by atoms with Crippen LogP contribution in [0.25, 0.3) is 0 Å². The Bertz CT molecular complexity index is 590. The molecule has 1 aromatic heterocycles. The Morgan fingerprint density at radius 3 is 3.00 bits per heavy atom. The molecule has 1 saturated heterocycles. The van der Waals surface area contributed by atoms with Crippen LogP contribution in [0.2, 0.25) is 0 Å². The SMILES string of the molecule is Cc1cc(CN2CCNCC2c2cccc(F)c2)no1.Cl. The van der Waals surface area contributed by atoms with E-state index >= 15 is 0 Å². The van der Waals surface area contributed by atoms with Gasteiger partial charge in [0.15, 0.2) is 0 Å². The van der Waals surface area contributed by atoms with Crippen LogP contribution in [-0.2, 0) is 6.54 Å². The highest BCUT2D eigenvalue weighted by Crippen LogP contribution is 2.24. The van der Waals surface area contributed by atoms with Crippen LogP contribution in [0, 0.1) is 12.7 Å². The number of halogens is 2. The molecule has 1 aromatic carbocycles. The second-order valence-corrected chi connectivity index (χ2v) is 5.17. The first-order valence-electron chi connectivity index (χ1n) is 6.85. The molecule has 2 heterocycles. The number of benzene rings is 1. The lowest BCUT2D eigenvalue weighted by Gasteiger charge is -2.36. The third-order valence-corrected chi connectivity index (χ3v) is 3.63. The van der Waals surface area contributed by atoms with Gasteiger partial charge in [-0.05, 0) is 24.6 Å². The van der Waals surface area contributed by atoms with Crippen LogP contribution in [0.15, 0.2) is 34.9 Å². The number of nitrogens with one attached hydrogen (secondary N) is 1. The van der Waals surface area contributed by atoms with E-state index in [1.165, 1.54) is 6.07 Å². The van der Waals surface area contributed by atoms with Crippen molar-refractivity contribution in [2.75, 3.05) is 19.6 Å². The number of nitrogens with zero attached hydrogens (tertiary/aromatic N) is 2. The van der Waals surface area contributed by atoms with Crippen molar-refractivity contribution in [2.24, 2.45) is 0 Å². The van der Waals surface area contributed by atoms with E-state index in [9.17, 15) is 4.39 Å². The number of hydrogen-bond donors (Lipinski definition) is 1. The van der Waals surface area contributed by atoms with E-state index in [0.29, 0.717) is 0 Å². The van der Waals surface area contributed by atoms with Gasteiger partial charge in [-0.2, -0.15) is 0 Å². The summed E-state index contributed by atoms with van der Waals surface area (Å²) in [7, 11) is 0. The van der Waals surface area contributed by atoms with Crippen LogP contribution < -0.4 is 5.32 Å². The lowest BCUT2D eigenvalue weighted by atomic mass is 10.0. The maximum atomic E-state index is 13.4. The van der Waals surface area contributed by atoms with Crippen LogP contribution in [0.4, 0.5) is 4.39 Å². The minimum atomic E-state index is -0.190. The second-order valence-electron chi connectivity index (χ2n) is 5.17. The fraction of sp³-hybridized carbons (Fsp3) is 0.400. The van der Waals surface area contributed by atoms with Gasteiger partial charge in [0.25, 0.3) is 0 Å². The third-order valence-electron chi connectivity index (χ3n) is 3.63. The Hall–Kier alpha value is -1.43. The van der Waals surface area contributed by atoms with Gasteiger partial charge < -0.3 is 9.84 Å². The number of rotatable bonds is 3. The Morgan fingerprint density at radius 1 is 1.43 bits per heavy atom. The molecule has 114 valence electrons. The van der Waals surface area contributed by atoms with Crippen molar-refractivity contribution in [1.82, 2.24) is 15.4 Å². The van der Waals surface area contributed by atoms with E-state index in [2.05, 4.69) is 15.4 Å². The Balaban J connectivity index is 0.00000161. The highest BCUT2D eigenvalue weighted by Gasteiger charge is 2.24. The van der Waals surface area contributed by atoms with Crippen LogP contribution in [0.1, 0.15) is 23.1 Å². The lowest BCUT2D eigenvalue weighted by molar-refractivity contribution is 0.149. The summed E-state index contributed by atoms with van der Waals surface area (Å²) in [6.07, 6.45) is 0. The summed E-state index contributed by atoms with van der Waals surface area (Å²) in [4.78, 5) is 2.31. The van der Waals surface area contributed by atoms with E-state index in [-0.39, 0.29) is 24.3 Å². The largest absolute Gasteiger partial charge is 0.361 e. The van der Waals surface area contributed by atoms with E-state index in [1.54, 1.807) is 12.1 Å². The molecular weight excluding hydrogens is 293 g/mol. The Morgan fingerprint density at radius 2 is 2.29 bits per heavy atom. The Labute approximate surface area is 129 Å². The summed E-state index contributed by atoms with van der Waals surface area (Å²) in [5, 5.41) is 7.41. The zero-order valence-corrected chi connectivity index (χ0v) is 12.7. The minimum Gasteiger partial charge on any atom is -0.361 e. The predicted molar refractivity (Wildman–Crippen MR) is 80.9 cm³/mol. The molecule has 4 nitrogen and oxygen atoms in total. The van der Waals surface area contributed by atoms with Crippen LogP contribution in [-0.4, -0.2) is 29.7 Å². The first-order valence-corrected chi connectivity index (χ1v) is 6.85. The van der Waals surface area contributed by atoms with Gasteiger partial charge in [-0.15, -0.1) is 12.4 Å². The summed E-state index contributed by atoms with van der Waals surface area (Å²) in [6, 6.07) is 8.94. The fourth-order valence-corrected chi connectivity index (χ4v) is 2.68. The first kappa shape index (κ1) is 15.9. The average molecular weight is 312 g/mol. The van der Waals surface area contributed by atoms with Crippen molar-refractivity contribution in [3.8, 4) is 0 Å². The normalized spacial score (nSPS) is 19.2. The third kappa shape index (κ3) is 3.81. The molecule has 1 atom stereocenters. The smallest absolute Gasteiger partial charge is 0.133 e. The number of piperazine rings is 1.